The number of rotatable bonds is 1. The van der Waals surface area contributed by atoms with Gasteiger partial charge in [0.15, 0.2) is 0 Å². The summed E-state index contributed by atoms with van der Waals surface area (Å²) >= 11 is 0. The molecule has 1 aliphatic carbocycles. The van der Waals surface area contributed by atoms with Gasteiger partial charge in [0.25, 0.3) is 0 Å². The van der Waals surface area contributed by atoms with Gasteiger partial charge in [-0.1, -0.05) is 13.8 Å². The lowest BCUT2D eigenvalue weighted by Gasteiger charge is -2.38. The first-order valence-corrected chi connectivity index (χ1v) is 4.50. The maximum absolute atomic E-state index is 11.3. The SMILES string of the molecule is CC1(C)CC(=O)C[C@@](C)(C(=O)O)C1. The Kier molecular flexibility index (Phi) is 2.22. The van der Waals surface area contributed by atoms with E-state index in [1.165, 1.54) is 0 Å². The molecule has 1 fully saturated rings. The monoisotopic (exact) mass is 184 g/mol. The van der Waals surface area contributed by atoms with Crippen LogP contribution in [0.4, 0.5) is 0 Å². The van der Waals surface area contributed by atoms with Gasteiger partial charge >= 0.3 is 5.97 Å². The zero-order valence-electron chi connectivity index (χ0n) is 8.39. The minimum absolute atomic E-state index is 0.0705. The molecule has 3 nitrogen and oxygen atoms in total. The molecule has 1 rings (SSSR count). The van der Waals surface area contributed by atoms with Crippen LogP contribution in [0.3, 0.4) is 0 Å². The number of Topliss-reactive ketones (excluding diaryl/α,β-unsaturated/α-hetero) is 1. The standard InChI is InChI=1S/C10H16O3/c1-9(2)4-7(11)5-10(3,6-9)8(12)13/h4-6H2,1-3H3,(H,12,13)/t10-/m1/s1. The second kappa shape index (κ2) is 2.82. The van der Waals surface area contributed by atoms with Crippen molar-refractivity contribution in [1.82, 2.24) is 0 Å². The van der Waals surface area contributed by atoms with E-state index in [1.54, 1.807) is 6.92 Å². The van der Waals surface area contributed by atoms with Gasteiger partial charge in [0.1, 0.15) is 5.78 Å². The predicted molar refractivity (Wildman–Crippen MR) is 48.4 cm³/mol. The number of hydrogen-bond donors (Lipinski definition) is 1. The molecule has 0 aromatic heterocycles. The van der Waals surface area contributed by atoms with Gasteiger partial charge in [-0.25, -0.2) is 0 Å². The van der Waals surface area contributed by atoms with Crippen LogP contribution in [0.15, 0.2) is 0 Å². The van der Waals surface area contributed by atoms with Crippen molar-refractivity contribution in [1.29, 1.82) is 0 Å². The van der Waals surface area contributed by atoms with Gasteiger partial charge in [-0.2, -0.15) is 0 Å². The van der Waals surface area contributed by atoms with Crippen molar-refractivity contribution < 1.29 is 14.7 Å². The van der Waals surface area contributed by atoms with E-state index < -0.39 is 11.4 Å². The van der Waals surface area contributed by atoms with Gasteiger partial charge in [0.2, 0.25) is 0 Å². The van der Waals surface area contributed by atoms with Crippen molar-refractivity contribution in [3.63, 3.8) is 0 Å². The van der Waals surface area contributed by atoms with Gasteiger partial charge in [0.05, 0.1) is 5.41 Å². The summed E-state index contributed by atoms with van der Waals surface area (Å²) in [5.41, 5.74) is -1.01. The van der Waals surface area contributed by atoms with Crippen LogP contribution in [0.1, 0.15) is 40.0 Å². The fourth-order valence-corrected chi connectivity index (χ4v) is 2.36. The quantitative estimate of drug-likeness (QED) is 0.676. The average Bonchev–Trinajstić information content (AvgIpc) is 1.79. The molecule has 1 atom stereocenters. The molecule has 0 aromatic rings. The molecule has 0 aromatic carbocycles. The summed E-state index contributed by atoms with van der Waals surface area (Å²) in [5.74, 6) is -0.783. The van der Waals surface area contributed by atoms with E-state index in [0.29, 0.717) is 12.8 Å². The van der Waals surface area contributed by atoms with Crippen LogP contribution in [0.25, 0.3) is 0 Å². The summed E-state index contributed by atoms with van der Waals surface area (Å²) < 4.78 is 0. The lowest BCUT2D eigenvalue weighted by Crippen LogP contribution is -2.41. The number of hydrogen-bond acceptors (Lipinski definition) is 2. The molecular weight excluding hydrogens is 168 g/mol. The minimum atomic E-state index is -0.853. The van der Waals surface area contributed by atoms with Crippen LogP contribution in [-0.4, -0.2) is 16.9 Å². The summed E-state index contributed by atoms with van der Waals surface area (Å²) in [6, 6.07) is 0. The molecule has 1 saturated carbocycles. The van der Waals surface area contributed by atoms with Crippen LogP contribution in [0.2, 0.25) is 0 Å². The third-order valence-electron chi connectivity index (χ3n) is 2.65. The van der Waals surface area contributed by atoms with Gasteiger partial charge in [0, 0.05) is 12.8 Å². The summed E-state index contributed by atoms with van der Waals surface area (Å²) in [6.07, 6.45) is 1.28. The number of ketones is 1. The highest BCUT2D eigenvalue weighted by molar-refractivity contribution is 5.87. The van der Waals surface area contributed by atoms with Crippen LogP contribution in [0, 0.1) is 10.8 Å². The molecule has 0 spiro atoms. The normalized spacial score (nSPS) is 33.0. The first-order valence-electron chi connectivity index (χ1n) is 4.50. The third kappa shape index (κ3) is 2.08. The predicted octanol–water partition coefficient (Wildman–Crippen LogP) is 1.86. The second-order valence-corrected chi connectivity index (χ2v) is 5.10. The van der Waals surface area contributed by atoms with E-state index in [-0.39, 0.29) is 17.6 Å². The summed E-state index contributed by atoms with van der Waals surface area (Å²) in [5, 5.41) is 9.00. The van der Waals surface area contributed by atoms with Crippen LogP contribution in [0.5, 0.6) is 0 Å². The first-order chi connectivity index (χ1) is 5.75. The Morgan fingerprint density at radius 1 is 1.31 bits per heavy atom. The lowest BCUT2D eigenvalue weighted by atomic mass is 9.64. The Labute approximate surface area is 78.1 Å². The fourth-order valence-electron chi connectivity index (χ4n) is 2.36. The molecule has 0 radical (unpaired) electrons. The van der Waals surface area contributed by atoms with Crippen LogP contribution < -0.4 is 0 Å². The maximum atomic E-state index is 11.3. The minimum Gasteiger partial charge on any atom is -0.481 e. The van der Waals surface area contributed by atoms with Gasteiger partial charge in [-0.05, 0) is 18.8 Å². The number of carboxylic acids is 1. The highest BCUT2D eigenvalue weighted by Crippen LogP contribution is 2.44. The largest absolute Gasteiger partial charge is 0.481 e. The second-order valence-electron chi connectivity index (χ2n) is 5.10. The van der Waals surface area contributed by atoms with Crippen molar-refractivity contribution in [2.75, 3.05) is 0 Å². The van der Waals surface area contributed by atoms with E-state index in [4.69, 9.17) is 5.11 Å². The number of carbonyl (C=O) groups excluding carboxylic acids is 1. The van der Waals surface area contributed by atoms with Crippen molar-refractivity contribution in [3.05, 3.63) is 0 Å². The maximum Gasteiger partial charge on any atom is 0.309 e. The molecule has 1 aliphatic rings. The van der Waals surface area contributed by atoms with E-state index in [0.717, 1.165) is 0 Å². The molecule has 0 unspecified atom stereocenters. The van der Waals surface area contributed by atoms with Gasteiger partial charge in [-0.3, -0.25) is 9.59 Å². The first kappa shape index (κ1) is 10.2. The topological polar surface area (TPSA) is 54.4 Å². The smallest absolute Gasteiger partial charge is 0.309 e. The molecule has 0 aliphatic heterocycles. The van der Waals surface area contributed by atoms with Crippen molar-refractivity contribution in [3.8, 4) is 0 Å². The average molecular weight is 184 g/mol. The van der Waals surface area contributed by atoms with E-state index in [9.17, 15) is 9.59 Å². The fraction of sp³-hybridized carbons (Fsp3) is 0.800. The van der Waals surface area contributed by atoms with Crippen LogP contribution >= 0.6 is 0 Å². The van der Waals surface area contributed by atoms with E-state index in [2.05, 4.69) is 0 Å². The zero-order chi connectivity index (χ0) is 10.3. The van der Waals surface area contributed by atoms with Crippen molar-refractivity contribution >= 4 is 11.8 Å². The van der Waals surface area contributed by atoms with E-state index >= 15 is 0 Å². The Balaban J connectivity index is 2.91. The summed E-state index contributed by atoms with van der Waals surface area (Å²) in [6.45, 7) is 5.56. The highest BCUT2D eigenvalue weighted by atomic mass is 16.4. The number of carbonyl (C=O) groups is 2. The lowest BCUT2D eigenvalue weighted by molar-refractivity contribution is -0.155. The van der Waals surface area contributed by atoms with Crippen molar-refractivity contribution in [2.24, 2.45) is 10.8 Å². The Morgan fingerprint density at radius 2 is 1.85 bits per heavy atom. The Hall–Kier alpha value is -0.860. The molecular formula is C10H16O3. The van der Waals surface area contributed by atoms with E-state index in [1.807, 2.05) is 13.8 Å². The molecule has 1 N–H and O–H groups in total. The summed E-state index contributed by atoms with van der Waals surface area (Å²) in [7, 11) is 0. The molecule has 0 amide bonds. The van der Waals surface area contributed by atoms with Crippen LogP contribution in [-0.2, 0) is 9.59 Å². The number of aliphatic carboxylic acids is 1. The molecule has 74 valence electrons. The van der Waals surface area contributed by atoms with Gasteiger partial charge in [-0.15, -0.1) is 0 Å². The van der Waals surface area contributed by atoms with Gasteiger partial charge < -0.3 is 5.11 Å². The molecule has 0 saturated heterocycles. The molecule has 0 bridgehead atoms. The molecule has 0 heterocycles. The molecule has 13 heavy (non-hydrogen) atoms. The summed E-state index contributed by atoms with van der Waals surface area (Å²) in [4.78, 5) is 22.3. The zero-order valence-corrected chi connectivity index (χ0v) is 8.39. The number of carboxylic acid groups (broad SMARTS) is 1. The third-order valence-corrected chi connectivity index (χ3v) is 2.65. The Morgan fingerprint density at radius 3 is 2.23 bits per heavy atom. The van der Waals surface area contributed by atoms with Crippen molar-refractivity contribution in [2.45, 2.75) is 40.0 Å². The Bertz CT molecular complexity index is 255. The highest BCUT2D eigenvalue weighted by Gasteiger charge is 2.45. The molecule has 3 heteroatoms.